The van der Waals surface area contributed by atoms with E-state index in [0.29, 0.717) is 38.4 Å². The summed E-state index contributed by atoms with van der Waals surface area (Å²) in [6, 6.07) is 12.2. The van der Waals surface area contributed by atoms with Crippen LogP contribution in [-0.4, -0.2) is 20.9 Å². The summed E-state index contributed by atoms with van der Waals surface area (Å²) in [7, 11) is -7.02. The molecule has 0 spiro atoms. The summed E-state index contributed by atoms with van der Waals surface area (Å²) in [4.78, 5) is -0.604. The fraction of sp³-hybridized carbons (Fsp3) is 0.302. The molecule has 5 aromatic rings. The summed E-state index contributed by atoms with van der Waals surface area (Å²) in [6.45, 7) is 12.3. The molecule has 0 radical (unpaired) electrons. The van der Waals surface area contributed by atoms with Crippen molar-refractivity contribution in [1.82, 2.24) is 4.63 Å². The molecule has 0 unspecified atom stereocenters. The van der Waals surface area contributed by atoms with E-state index in [1.54, 1.807) is 34.6 Å². The molecule has 5 aromatic carbocycles. The summed E-state index contributed by atoms with van der Waals surface area (Å²) in [6.07, 6.45) is -27.6. The van der Waals surface area contributed by atoms with Crippen LogP contribution in [0.3, 0.4) is 0 Å². The second-order valence-electron chi connectivity index (χ2n) is 15.6. The lowest BCUT2D eigenvalue weighted by Gasteiger charge is -2.45. The molecule has 0 aliphatic heterocycles. The van der Waals surface area contributed by atoms with Gasteiger partial charge in [-0.25, -0.2) is 8.42 Å². The topological polar surface area (TPSA) is 46.2 Å². The largest absolute Gasteiger partial charge is 0.416 e. The van der Waals surface area contributed by atoms with Gasteiger partial charge >= 0.3 is 24.7 Å². The van der Waals surface area contributed by atoms with Gasteiger partial charge in [0.15, 0.2) is 0 Å². The van der Waals surface area contributed by atoms with E-state index in [9.17, 15) is 61.1 Å². The lowest BCUT2D eigenvalue weighted by atomic mass is 9.27. The van der Waals surface area contributed by atoms with Crippen LogP contribution in [0.5, 0.6) is 0 Å². The molecule has 0 aromatic heterocycles. The number of rotatable bonds is 10. The quantitative estimate of drug-likeness (QED) is 0.0862. The van der Waals surface area contributed by atoms with Gasteiger partial charge in [-0.1, -0.05) is 83.5 Å². The minimum Gasteiger partial charge on any atom is -0.372 e. The highest BCUT2D eigenvalue weighted by Crippen LogP contribution is 2.43. The predicted molar refractivity (Wildman–Crippen MR) is 217 cm³/mol. The van der Waals surface area contributed by atoms with Crippen molar-refractivity contribution < 1.29 is 61.1 Å². The highest BCUT2D eigenvalue weighted by Gasteiger charge is 2.44. The van der Waals surface area contributed by atoms with E-state index in [1.165, 1.54) is 12.1 Å². The Morgan fingerprint density at radius 1 is 0.475 bits per heavy atom. The number of sulfonamides is 1. The number of nitrogens with one attached hydrogen (secondary N) is 1. The third-order valence-electron chi connectivity index (χ3n) is 10.6. The van der Waals surface area contributed by atoms with Crippen molar-refractivity contribution in [3.63, 3.8) is 0 Å². The standard InChI is InChI=1S/C43H40BF12NO2PS/c1-24-8-10-37(11-9-24)61(58,59)57-44(35-20-31(40(45,46)47)18-32(21-35)41(48,49)50,36-22-33(42(51,52)53)19-34(23-36)43(54,55)56)12-13-60(38-27(4)14-25(2)15-28(38)5)39-29(6)16-26(3)17-30(39)7/h8-11,14-23,57H,12-13H2,1-7H3/q-1. The van der Waals surface area contributed by atoms with Crippen molar-refractivity contribution in [1.29, 1.82) is 0 Å². The van der Waals surface area contributed by atoms with Crippen molar-refractivity contribution in [2.24, 2.45) is 0 Å². The van der Waals surface area contributed by atoms with E-state index in [1.807, 2.05) is 38.1 Å². The van der Waals surface area contributed by atoms with Crippen LogP contribution < -0.4 is 26.2 Å². The molecular weight excluding hydrogens is 864 g/mol. The number of aryl methyl sites for hydroxylation is 7. The zero-order valence-electron chi connectivity index (χ0n) is 33.8. The maximum atomic E-state index is 14.6. The molecule has 5 rings (SSSR count). The molecule has 0 fully saturated rings. The SMILES string of the molecule is Cc1ccc(S(=O)(=O)N[B-](CCP(c2c(C)cc(C)cc2C)c2c(C)cc(C)cc2C)(c2cc(C(F)(F)F)cc(C(F)(F)F)c2)c2cc(C(F)(F)F)cc(C(F)(F)F)c2)cc1. The Balaban J connectivity index is 2.01. The number of halogens is 12. The highest BCUT2D eigenvalue weighted by molar-refractivity contribution is 7.91. The smallest absolute Gasteiger partial charge is 0.372 e. The average Bonchev–Trinajstić information content (AvgIpc) is 3.10. The monoisotopic (exact) mass is 904 g/mol. The molecule has 0 bridgehead atoms. The van der Waals surface area contributed by atoms with Crippen LogP contribution in [0.25, 0.3) is 0 Å². The molecule has 0 saturated heterocycles. The first-order valence-electron chi connectivity index (χ1n) is 18.6. The van der Waals surface area contributed by atoms with Crippen molar-refractivity contribution in [3.8, 4) is 0 Å². The second kappa shape index (κ2) is 16.7. The van der Waals surface area contributed by atoms with Gasteiger partial charge in [0.05, 0.1) is 27.1 Å². The number of benzene rings is 5. The fourth-order valence-corrected chi connectivity index (χ4v) is 13.0. The van der Waals surface area contributed by atoms with E-state index < -0.39 is 93.3 Å². The van der Waals surface area contributed by atoms with Crippen molar-refractivity contribution in [3.05, 3.63) is 146 Å². The number of hydrogen-bond acceptors (Lipinski definition) is 2. The minimum absolute atomic E-state index is 0.160. The lowest BCUT2D eigenvalue weighted by Crippen LogP contribution is -2.70. The zero-order chi connectivity index (χ0) is 45.8. The maximum absolute atomic E-state index is 14.6. The van der Waals surface area contributed by atoms with Gasteiger partial charge in [-0.15, -0.1) is 0 Å². The third-order valence-corrected chi connectivity index (χ3v) is 15.4. The van der Waals surface area contributed by atoms with Crippen molar-refractivity contribution in [2.45, 2.75) is 84.4 Å². The molecule has 61 heavy (non-hydrogen) atoms. The van der Waals surface area contributed by atoms with Crippen LogP contribution in [0.4, 0.5) is 52.7 Å². The highest BCUT2D eigenvalue weighted by atomic mass is 32.2. The van der Waals surface area contributed by atoms with Gasteiger partial charge in [0.25, 0.3) is 0 Å². The van der Waals surface area contributed by atoms with Gasteiger partial charge in [-0.3, -0.25) is 0 Å². The molecule has 0 saturated carbocycles. The van der Waals surface area contributed by atoms with Gasteiger partial charge in [0.1, 0.15) is 6.28 Å². The second-order valence-corrected chi connectivity index (χ2v) is 19.5. The Kier molecular flexibility index (Phi) is 13.1. The van der Waals surface area contributed by atoms with E-state index in [-0.39, 0.29) is 42.6 Å². The first-order valence-corrected chi connectivity index (χ1v) is 21.7. The Hall–Kier alpha value is -4.34. The third kappa shape index (κ3) is 10.5. The van der Waals surface area contributed by atoms with E-state index in [0.717, 1.165) is 23.3 Å². The summed E-state index contributed by atoms with van der Waals surface area (Å²) < 4.78 is 207. The van der Waals surface area contributed by atoms with Gasteiger partial charge in [-0.05, 0) is 114 Å². The molecule has 0 aliphatic carbocycles. The van der Waals surface area contributed by atoms with Crippen LogP contribution in [0, 0.1) is 48.5 Å². The van der Waals surface area contributed by atoms with E-state index in [4.69, 9.17) is 0 Å². The van der Waals surface area contributed by atoms with E-state index >= 15 is 0 Å². The minimum atomic E-state index is -5.54. The first-order chi connectivity index (χ1) is 27.8. The molecule has 0 amide bonds. The maximum Gasteiger partial charge on any atom is 0.416 e. The van der Waals surface area contributed by atoms with Crippen LogP contribution in [0.15, 0.2) is 89.8 Å². The molecule has 3 nitrogen and oxygen atoms in total. The average molecular weight is 905 g/mol. The predicted octanol–water partition coefficient (Wildman–Crippen LogP) is 11.1. The first kappa shape index (κ1) is 47.7. The zero-order valence-corrected chi connectivity index (χ0v) is 35.5. The summed E-state index contributed by atoms with van der Waals surface area (Å²) in [5.41, 5.74) is -5.08. The molecule has 0 atom stereocenters. The van der Waals surface area contributed by atoms with Crippen LogP contribution in [0.1, 0.15) is 61.2 Å². The Labute approximate surface area is 347 Å². The molecule has 328 valence electrons. The summed E-state index contributed by atoms with van der Waals surface area (Å²) >= 11 is 0. The van der Waals surface area contributed by atoms with Gasteiger partial charge in [0, 0.05) is 0 Å². The fourth-order valence-electron chi connectivity index (χ4n) is 8.15. The molecule has 1 N–H and O–H groups in total. The Morgan fingerprint density at radius 2 is 0.787 bits per heavy atom. The Bertz CT molecular complexity index is 2320. The molecular formula is C43H40BF12NO2PS-. The van der Waals surface area contributed by atoms with Crippen molar-refractivity contribution in [2.75, 3.05) is 6.16 Å². The van der Waals surface area contributed by atoms with Crippen LogP contribution >= 0.6 is 7.92 Å². The van der Waals surface area contributed by atoms with Gasteiger partial charge in [-0.2, -0.15) is 69.9 Å². The van der Waals surface area contributed by atoms with Crippen LogP contribution in [0.2, 0.25) is 6.32 Å². The van der Waals surface area contributed by atoms with E-state index in [2.05, 4.69) is 4.63 Å². The molecule has 18 heteroatoms. The Morgan fingerprint density at radius 3 is 1.08 bits per heavy atom. The molecule has 0 heterocycles. The normalized spacial score (nSPS) is 13.3. The summed E-state index contributed by atoms with van der Waals surface area (Å²) in [5.74, 6) is 0. The van der Waals surface area contributed by atoms with Gasteiger partial charge in [0.2, 0.25) is 10.0 Å². The number of alkyl halides is 12. The summed E-state index contributed by atoms with van der Waals surface area (Å²) in [5, 5.41) is 1.36. The number of hydrogen-bond donors (Lipinski definition) is 1. The van der Waals surface area contributed by atoms with Crippen LogP contribution in [-0.2, 0) is 34.7 Å². The van der Waals surface area contributed by atoms with Crippen molar-refractivity contribution >= 4 is 45.8 Å². The lowest BCUT2D eigenvalue weighted by molar-refractivity contribution is -0.144. The molecule has 0 aliphatic rings. The van der Waals surface area contributed by atoms with Gasteiger partial charge < -0.3 is 4.63 Å².